The monoisotopic (exact) mass is 221 g/mol. The molecule has 0 fully saturated rings. The lowest BCUT2D eigenvalue weighted by Gasteiger charge is -2.13. The smallest absolute Gasteiger partial charge is 0.169 e. The second-order valence-corrected chi connectivity index (χ2v) is 4.01. The molecule has 0 amide bonds. The minimum atomic E-state index is -0.283. The van der Waals surface area contributed by atoms with Crippen molar-refractivity contribution in [3.05, 3.63) is 35.8 Å². The molecule has 1 atom stereocenters. The fourth-order valence-electron chi connectivity index (χ4n) is 1.91. The lowest BCUT2D eigenvalue weighted by atomic mass is 10.0. The number of nitrogens with one attached hydrogen (secondary N) is 1. The van der Waals surface area contributed by atoms with Crippen molar-refractivity contribution < 1.29 is 8.81 Å². The van der Waals surface area contributed by atoms with Crippen LogP contribution in [0.25, 0.3) is 11.0 Å². The van der Waals surface area contributed by atoms with Crippen molar-refractivity contribution in [2.24, 2.45) is 0 Å². The Hall–Kier alpha value is -1.35. The minimum Gasteiger partial charge on any atom is -0.461 e. The molecule has 1 unspecified atom stereocenters. The summed E-state index contributed by atoms with van der Waals surface area (Å²) in [5, 5.41) is 3.81. The van der Waals surface area contributed by atoms with Crippen molar-refractivity contribution in [3.63, 3.8) is 0 Å². The van der Waals surface area contributed by atoms with Crippen LogP contribution in [0.2, 0.25) is 0 Å². The van der Waals surface area contributed by atoms with Crippen molar-refractivity contribution in [2.75, 3.05) is 7.05 Å². The van der Waals surface area contributed by atoms with Crippen LogP contribution in [0.4, 0.5) is 4.39 Å². The molecule has 1 aromatic heterocycles. The number of hydrogen-bond acceptors (Lipinski definition) is 2. The average Bonchev–Trinajstić information content (AvgIpc) is 2.68. The third kappa shape index (κ3) is 2.09. The van der Waals surface area contributed by atoms with Gasteiger partial charge in [0.1, 0.15) is 11.8 Å². The molecule has 2 aromatic rings. The maximum atomic E-state index is 13.3. The molecule has 0 radical (unpaired) electrons. The minimum absolute atomic E-state index is 0.283. The van der Waals surface area contributed by atoms with Gasteiger partial charge in [-0.1, -0.05) is 13.0 Å². The van der Waals surface area contributed by atoms with Gasteiger partial charge in [0.2, 0.25) is 0 Å². The van der Waals surface area contributed by atoms with Gasteiger partial charge in [-0.2, -0.15) is 0 Å². The largest absolute Gasteiger partial charge is 0.461 e. The van der Waals surface area contributed by atoms with E-state index < -0.39 is 0 Å². The molecule has 0 aliphatic rings. The maximum Gasteiger partial charge on any atom is 0.169 e. The van der Waals surface area contributed by atoms with E-state index in [0.717, 1.165) is 24.7 Å². The van der Waals surface area contributed by atoms with Crippen molar-refractivity contribution in [2.45, 2.75) is 25.8 Å². The zero-order chi connectivity index (χ0) is 11.5. The third-order valence-corrected chi connectivity index (χ3v) is 2.97. The molecule has 0 aliphatic heterocycles. The van der Waals surface area contributed by atoms with E-state index in [2.05, 4.69) is 12.2 Å². The van der Waals surface area contributed by atoms with Gasteiger partial charge in [-0.25, -0.2) is 4.39 Å². The Balaban J connectivity index is 2.28. The van der Waals surface area contributed by atoms with Gasteiger partial charge in [0.25, 0.3) is 0 Å². The van der Waals surface area contributed by atoms with E-state index in [0.29, 0.717) is 17.0 Å². The highest BCUT2D eigenvalue weighted by Crippen LogP contribution is 2.21. The zero-order valence-electron chi connectivity index (χ0n) is 9.59. The first-order valence-electron chi connectivity index (χ1n) is 5.57. The number of benzene rings is 1. The molecule has 2 rings (SSSR count). The van der Waals surface area contributed by atoms with Crippen molar-refractivity contribution in [1.29, 1.82) is 0 Å². The van der Waals surface area contributed by atoms with Gasteiger partial charge in [-0.3, -0.25) is 0 Å². The Morgan fingerprint density at radius 2 is 2.25 bits per heavy atom. The first kappa shape index (κ1) is 11.1. The molecule has 1 N–H and O–H groups in total. The van der Waals surface area contributed by atoms with Crippen LogP contribution >= 0.6 is 0 Å². The molecule has 0 spiro atoms. The van der Waals surface area contributed by atoms with Crippen LogP contribution in [-0.4, -0.2) is 13.1 Å². The van der Waals surface area contributed by atoms with Gasteiger partial charge in [-0.15, -0.1) is 0 Å². The van der Waals surface area contributed by atoms with E-state index >= 15 is 0 Å². The van der Waals surface area contributed by atoms with Crippen LogP contribution in [0.1, 0.15) is 18.9 Å². The highest BCUT2D eigenvalue weighted by molar-refractivity contribution is 5.78. The second-order valence-electron chi connectivity index (χ2n) is 4.01. The van der Waals surface area contributed by atoms with Crippen LogP contribution in [0.3, 0.4) is 0 Å². The van der Waals surface area contributed by atoms with E-state index in [1.165, 1.54) is 0 Å². The van der Waals surface area contributed by atoms with Gasteiger partial charge >= 0.3 is 0 Å². The number of rotatable bonds is 4. The predicted molar refractivity (Wildman–Crippen MR) is 63.0 cm³/mol. The number of halogens is 1. The van der Waals surface area contributed by atoms with E-state index in [1.807, 2.05) is 25.2 Å². The average molecular weight is 221 g/mol. The molecular weight excluding hydrogens is 205 g/mol. The van der Waals surface area contributed by atoms with Crippen molar-refractivity contribution in [1.82, 2.24) is 5.32 Å². The molecule has 0 aliphatic carbocycles. The highest BCUT2D eigenvalue weighted by Gasteiger charge is 2.08. The Kier molecular flexibility index (Phi) is 3.25. The molecule has 1 aromatic carbocycles. The normalized spacial score (nSPS) is 13.2. The molecule has 3 heteroatoms. The summed E-state index contributed by atoms with van der Waals surface area (Å²) in [7, 11) is 1.95. The summed E-state index contributed by atoms with van der Waals surface area (Å²) in [6.07, 6.45) is 3.12. The fraction of sp³-hybridized carbons (Fsp3) is 0.385. The summed E-state index contributed by atoms with van der Waals surface area (Å²) < 4.78 is 18.4. The number of hydrogen-bond donors (Lipinski definition) is 1. The number of furan rings is 1. The topological polar surface area (TPSA) is 25.2 Å². The Morgan fingerprint density at radius 3 is 2.94 bits per heavy atom. The summed E-state index contributed by atoms with van der Waals surface area (Å²) in [5.74, 6) is -0.283. The predicted octanol–water partition coefficient (Wildman–Crippen LogP) is 3.11. The lowest BCUT2D eigenvalue weighted by molar-refractivity contribution is 0.543. The van der Waals surface area contributed by atoms with Crippen LogP contribution in [0, 0.1) is 5.82 Å². The Labute approximate surface area is 94.4 Å². The first-order chi connectivity index (χ1) is 7.74. The molecule has 2 nitrogen and oxygen atoms in total. The standard InChI is InChI=1S/C13H16FNO/c1-3-10(15-2)6-9-4-5-13-11(7-9)12(14)8-16-13/h4-5,7-8,10,15H,3,6H2,1-2H3. The van der Waals surface area contributed by atoms with E-state index in [4.69, 9.17) is 4.42 Å². The SMILES string of the molecule is CCC(Cc1ccc2occ(F)c2c1)NC. The van der Waals surface area contributed by atoms with Crippen LogP contribution in [0.15, 0.2) is 28.9 Å². The maximum absolute atomic E-state index is 13.3. The third-order valence-electron chi connectivity index (χ3n) is 2.97. The Morgan fingerprint density at radius 1 is 1.44 bits per heavy atom. The van der Waals surface area contributed by atoms with Crippen LogP contribution in [0.5, 0.6) is 0 Å². The van der Waals surface area contributed by atoms with Crippen molar-refractivity contribution in [3.8, 4) is 0 Å². The molecule has 0 saturated heterocycles. The number of likely N-dealkylation sites (N-methyl/N-ethyl adjacent to an activating group) is 1. The van der Waals surface area contributed by atoms with Gasteiger partial charge in [0.05, 0.1) is 5.39 Å². The van der Waals surface area contributed by atoms with E-state index in [9.17, 15) is 4.39 Å². The fourth-order valence-corrected chi connectivity index (χ4v) is 1.91. The number of fused-ring (bicyclic) bond motifs is 1. The van der Waals surface area contributed by atoms with Crippen LogP contribution in [-0.2, 0) is 6.42 Å². The van der Waals surface area contributed by atoms with Crippen LogP contribution < -0.4 is 5.32 Å². The zero-order valence-corrected chi connectivity index (χ0v) is 9.59. The van der Waals surface area contributed by atoms with Crippen molar-refractivity contribution >= 4 is 11.0 Å². The molecular formula is C13H16FNO. The van der Waals surface area contributed by atoms with E-state index in [-0.39, 0.29) is 5.82 Å². The second kappa shape index (κ2) is 4.66. The van der Waals surface area contributed by atoms with Gasteiger partial charge in [-0.05, 0) is 37.6 Å². The molecule has 16 heavy (non-hydrogen) atoms. The van der Waals surface area contributed by atoms with Gasteiger partial charge in [0, 0.05) is 6.04 Å². The molecule has 0 bridgehead atoms. The summed E-state index contributed by atoms with van der Waals surface area (Å²) >= 11 is 0. The Bertz CT molecular complexity index is 474. The molecule has 1 heterocycles. The molecule has 0 saturated carbocycles. The van der Waals surface area contributed by atoms with Gasteiger partial charge in [0.15, 0.2) is 5.82 Å². The quantitative estimate of drug-likeness (QED) is 0.858. The lowest BCUT2D eigenvalue weighted by Crippen LogP contribution is -2.26. The highest BCUT2D eigenvalue weighted by atomic mass is 19.1. The first-order valence-corrected chi connectivity index (χ1v) is 5.57. The summed E-state index contributed by atoms with van der Waals surface area (Å²) in [6.45, 7) is 2.14. The summed E-state index contributed by atoms with van der Waals surface area (Å²) in [4.78, 5) is 0. The summed E-state index contributed by atoms with van der Waals surface area (Å²) in [5.41, 5.74) is 1.74. The summed E-state index contributed by atoms with van der Waals surface area (Å²) in [6, 6.07) is 6.13. The van der Waals surface area contributed by atoms with Gasteiger partial charge < -0.3 is 9.73 Å². The molecule has 86 valence electrons. The van der Waals surface area contributed by atoms with E-state index in [1.54, 1.807) is 0 Å².